The highest BCUT2D eigenvalue weighted by atomic mass is 35.5. The molecule has 1 amide bonds. The third kappa shape index (κ3) is 3.10. The van der Waals surface area contributed by atoms with Gasteiger partial charge in [0.15, 0.2) is 0 Å². The quantitative estimate of drug-likeness (QED) is 0.635. The first-order valence-electron chi connectivity index (χ1n) is 8.37. The Balaban J connectivity index is 2.09. The second kappa shape index (κ2) is 6.81. The van der Waals surface area contributed by atoms with Gasteiger partial charge < -0.3 is 15.0 Å². The van der Waals surface area contributed by atoms with Gasteiger partial charge in [0.05, 0.1) is 5.69 Å². The lowest BCUT2D eigenvalue weighted by molar-refractivity contribution is 0.101. The molecule has 1 heterocycles. The molecule has 25 heavy (non-hydrogen) atoms. The molecule has 0 aliphatic carbocycles. The Morgan fingerprint density at radius 3 is 2.64 bits per heavy atom. The number of fused-ring (bicyclic) bond motifs is 1. The zero-order valence-corrected chi connectivity index (χ0v) is 15.3. The lowest BCUT2D eigenvalue weighted by Crippen LogP contribution is -2.18. The fourth-order valence-corrected chi connectivity index (χ4v) is 3.37. The highest BCUT2D eigenvalue weighted by molar-refractivity contribution is 6.31. The predicted molar refractivity (Wildman–Crippen MR) is 103 cm³/mol. The zero-order valence-electron chi connectivity index (χ0n) is 14.6. The summed E-state index contributed by atoms with van der Waals surface area (Å²) in [7, 11) is 0. The maximum atomic E-state index is 12.9. The molecule has 1 aromatic heterocycles. The Labute approximate surface area is 152 Å². The minimum absolute atomic E-state index is 0.0113. The number of aromatic hydroxyl groups is 1. The van der Waals surface area contributed by atoms with Crippen LogP contribution in [0.4, 0.5) is 5.69 Å². The number of halogens is 1. The molecule has 3 aromatic rings. The van der Waals surface area contributed by atoms with Crippen molar-refractivity contribution in [3.05, 3.63) is 58.2 Å². The van der Waals surface area contributed by atoms with E-state index in [0.717, 1.165) is 22.9 Å². The molecule has 0 atom stereocenters. The Kier molecular flexibility index (Phi) is 4.73. The molecular weight excluding hydrogens is 336 g/mol. The van der Waals surface area contributed by atoms with Crippen molar-refractivity contribution in [3.8, 4) is 5.75 Å². The van der Waals surface area contributed by atoms with Crippen molar-refractivity contribution in [2.45, 2.75) is 33.7 Å². The summed E-state index contributed by atoms with van der Waals surface area (Å²) in [4.78, 5) is 12.9. The van der Waals surface area contributed by atoms with Gasteiger partial charge in [0.25, 0.3) is 5.91 Å². The molecule has 0 fully saturated rings. The summed E-state index contributed by atoms with van der Waals surface area (Å²) in [5.74, 6) is -0.269. The van der Waals surface area contributed by atoms with Gasteiger partial charge in [-0.25, -0.2) is 0 Å². The molecule has 0 spiro atoms. The highest BCUT2D eigenvalue weighted by Gasteiger charge is 2.20. The molecule has 2 aromatic carbocycles. The van der Waals surface area contributed by atoms with E-state index in [-0.39, 0.29) is 11.7 Å². The van der Waals surface area contributed by atoms with E-state index in [0.29, 0.717) is 22.9 Å². The topological polar surface area (TPSA) is 54.3 Å². The monoisotopic (exact) mass is 356 g/mol. The lowest BCUT2D eigenvalue weighted by atomic mass is 10.1. The number of anilines is 1. The van der Waals surface area contributed by atoms with Crippen LogP contribution in [0.5, 0.6) is 5.75 Å². The fraction of sp³-hybridized carbons (Fsp3) is 0.250. The number of aromatic nitrogens is 1. The molecular formula is C20H21ClN2O2. The van der Waals surface area contributed by atoms with E-state index >= 15 is 0 Å². The third-order valence-corrected chi connectivity index (χ3v) is 4.76. The molecule has 0 saturated heterocycles. The first kappa shape index (κ1) is 17.4. The summed E-state index contributed by atoms with van der Waals surface area (Å²) in [6, 6.07) is 10.9. The lowest BCUT2D eigenvalue weighted by Gasteiger charge is -2.11. The van der Waals surface area contributed by atoms with Gasteiger partial charge in [-0.15, -0.1) is 0 Å². The van der Waals surface area contributed by atoms with Crippen molar-refractivity contribution in [2.75, 3.05) is 5.32 Å². The zero-order chi connectivity index (χ0) is 18.1. The molecule has 0 bridgehead atoms. The van der Waals surface area contributed by atoms with Crippen molar-refractivity contribution in [3.63, 3.8) is 0 Å². The number of aryl methyl sites for hydroxylation is 3. The van der Waals surface area contributed by atoms with Crippen LogP contribution in [-0.2, 0) is 13.0 Å². The molecule has 0 unspecified atom stereocenters. The van der Waals surface area contributed by atoms with Crippen LogP contribution >= 0.6 is 11.6 Å². The standard InChI is InChI=1S/C20H21ClN2O2/c1-4-13-6-8-17-15(10-13)12(3)19(23(17)5-2)20(25)22-16-11-14(21)7-9-18(16)24/h6-11,24H,4-5H2,1-3H3,(H,22,25). The van der Waals surface area contributed by atoms with Crippen LogP contribution in [0, 0.1) is 6.92 Å². The van der Waals surface area contributed by atoms with E-state index in [1.807, 2.05) is 18.4 Å². The molecule has 5 heteroatoms. The summed E-state index contributed by atoms with van der Waals surface area (Å²) in [5, 5.41) is 14.3. The largest absolute Gasteiger partial charge is 0.506 e. The Hall–Kier alpha value is -2.46. The van der Waals surface area contributed by atoms with E-state index in [1.54, 1.807) is 6.07 Å². The van der Waals surface area contributed by atoms with E-state index in [9.17, 15) is 9.90 Å². The smallest absolute Gasteiger partial charge is 0.272 e. The number of nitrogens with one attached hydrogen (secondary N) is 1. The van der Waals surface area contributed by atoms with Crippen LogP contribution in [0.25, 0.3) is 10.9 Å². The molecule has 0 saturated carbocycles. The number of benzene rings is 2. The molecule has 2 N–H and O–H groups in total. The predicted octanol–water partition coefficient (Wildman–Crippen LogP) is 5.14. The van der Waals surface area contributed by atoms with Gasteiger partial charge in [0.2, 0.25) is 0 Å². The summed E-state index contributed by atoms with van der Waals surface area (Å²) in [6.07, 6.45) is 0.949. The fourth-order valence-electron chi connectivity index (χ4n) is 3.20. The summed E-state index contributed by atoms with van der Waals surface area (Å²) in [5.41, 5.74) is 4.12. The average molecular weight is 357 g/mol. The van der Waals surface area contributed by atoms with Crippen LogP contribution < -0.4 is 5.32 Å². The van der Waals surface area contributed by atoms with Crippen molar-refractivity contribution in [1.82, 2.24) is 4.57 Å². The SMILES string of the molecule is CCc1ccc2c(c1)c(C)c(C(=O)Nc1cc(Cl)ccc1O)n2CC. The van der Waals surface area contributed by atoms with E-state index in [4.69, 9.17) is 11.6 Å². The van der Waals surface area contributed by atoms with Crippen LogP contribution in [0.1, 0.15) is 35.5 Å². The normalized spacial score (nSPS) is 11.0. The minimum atomic E-state index is -0.258. The van der Waals surface area contributed by atoms with Crippen molar-refractivity contribution < 1.29 is 9.90 Å². The van der Waals surface area contributed by atoms with E-state index in [2.05, 4.69) is 30.4 Å². The number of rotatable bonds is 4. The number of carbonyl (C=O) groups is 1. The summed E-state index contributed by atoms with van der Waals surface area (Å²) < 4.78 is 2.00. The average Bonchev–Trinajstić information content (AvgIpc) is 2.89. The maximum Gasteiger partial charge on any atom is 0.272 e. The Bertz CT molecular complexity index is 960. The van der Waals surface area contributed by atoms with Gasteiger partial charge in [0, 0.05) is 22.5 Å². The summed E-state index contributed by atoms with van der Waals surface area (Å²) >= 11 is 5.97. The second-order valence-corrected chi connectivity index (χ2v) is 6.47. The van der Waals surface area contributed by atoms with Gasteiger partial charge >= 0.3 is 0 Å². The number of amides is 1. The first-order valence-corrected chi connectivity index (χ1v) is 8.75. The van der Waals surface area contributed by atoms with Crippen molar-refractivity contribution in [1.29, 1.82) is 0 Å². The molecule has 3 rings (SSSR count). The van der Waals surface area contributed by atoms with Crippen molar-refractivity contribution in [2.24, 2.45) is 0 Å². The van der Waals surface area contributed by atoms with Crippen LogP contribution in [0.2, 0.25) is 5.02 Å². The van der Waals surface area contributed by atoms with E-state index < -0.39 is 0 Å². The highest BCUT2D eigenvalue weighted by Crippen LogP contribution is 2.30. The number of carbonyl (C=O) groups excluding carboxylic acids is 1. The number of phenols is 1. The number of hydrogen-bond acceptors (Lipinski definition) is 2. The third-order valence-electron chi connectivity index (χ3n) is 4.53. The van der Waals surface area contributed by atoms with Gasteiger partial charge in [-0.2, -0.15) is 0 Å². The van der Waals surface area contributed by atoms with Gasteiger partial charge in [-0.3, -0.25) is 4.79 Å². The van der Waals surface area contributed by atoms with Gasteiger partial charge in [0.1, 0.15) is 11.4 Å². The van der Waals surface area contributed by atoms with Crippen LogP contribution in [-0.4, -0.2) is 15.6 Å². The van der Waals surface area contributed by atoms with E-state index in [1.165, 1.54) is 17.7 Å². The number of phenolic OH excluding ortho intramolecular Hbond substituents is 1. The van der Waals surface area contributed by atoms with Crippen LogP contribution in [0.15, 0.2) is 36.4 Å². The van der Waals surface area contributed by atoms with Gasteiger partial charge in [-0.1, -0.05) is 24.6 Å². The molecule has 0 radical (unpaired) electrons. The Morgan fingerprint density at radius 2 is 1.96 bits per heavy atom. The number of nitrogens with zero attached hydrogens (tertiary/aromatic N) is 1. The minimum Gasteiger partial charge on any atom is -0.506 e. The first-order chi connectivity index (χ1) is 12.0. The summed E-state index contributed by atoms with van der Waals surface area (Å²) in [6.45, 7) is 6.77. The molecule has 0 aliphatic rings. The maximum absolute atomic E-state index is 12.9. The van der Waals surface area contributed by atoms with Gasteiger partial charge in [-0.05, 0) is 61.7 Å². The molecule has 130 valence electrons. The Morgan fingerprint density at radius 1 is 1.20 bits per heavy atom. The molecule has 4 nitrogen and oxygen atoms in total. The number of hydrogen-bond donors (Lipinski definition) is 2. The second-order valence-electron chi connectivity index (χ2n) is 6.04. The van der Waals surface area contributed by atoms with Crippen molar-refractivity contribution >= 4 is 34.1 Å². The molecule has 0 aliphatic heterocycles. The van der Waals surface area contributed by atoms with Crippen LogP contribution in [0.3, 0.4) is 0 Å².